The number of carbonyl (C=O) groups is 2. The van der Waals surface area contributed by atoms with Gasteiger partial charge < -0.3 is 19.5 Å². The van der Waals surface area contributed by atoms with E-state index in [1.54, 1.807) is 21.9 Å². The number of hydrogen-bond donors (Lipinski definition) is 1. The molecule has 3 amide bonds. The number of urea groups is 1. The zero-order valence-corrected chi connectivity index (χ0v) is 14.4. The summed E-state index contributed by atoms with van der Waals surface area (Å²) in [6.07, 6.45) is 3.12. The Kier molecular flexibility index (Phi) is 5.36. The van der Waals surface area contributed by atoms with E-state index in [9.17, 15) is 14.0 Å². The molecule has 1 fully saturated rings. The number of furan rings is 1. The normalized spacial score (nSPS) is 14.7. The van der Waals surface area contributed by atoms with Gasteiger partial charge in [0, 0.05) is 37.9 Å². The second kappa shape index (κ2) is 7.86. The van der Waals surface area contributed by atoms with Gasteiger partial charge in [-0.2, -0.15) is 0 Å². The van der Waals surface area contributed by atoms with Crippen molar-refractivity contribution in [2.24, 2.45) is 0 Å². The number of carbonyl (C=O) groups excluding carboxylic acids is 2. The van der Waals surface area contributed by atoms with Gasteiger partial charge in [-0.15, -0.1) is 0 Å². The molecule has 1 saturated heterocycles. The molecular weight excluding hydrogens is 337 g/mol. The van der Waals surface area contributed by atoms with E-state index >= 15 is 0 Å². The van der Waals surface area contributed by atoms with Gasteiger partial charge in [0.25, 0.3) is 0 Å². The van der Waals surface area contributed by atoms with Crippen molar-refractivity contribution < 1.29 is 18.4 Å². The van der Waals surface area contributed by atoms with Crippen LogP contribution in [0, 0.1) is 12.7 Å². The number of halogens is 1. The zero-order chi connectivity index (χ0) is 18.5. The fourth-order valence-electron chi connectivity index (χ4n) is 2.67. The van der Waals surface area contributed by atoms with Crippen molar-refractivity contribution in [2.75, 3.05) is 31.5 Å². The summed E-state index contributed by atoms with van der Waals surface area (Å²) in [6.45, 7) is 3.63. The molecule has 1 aliphatic rings. The Labute approximate surface area is 150 Å². The molecule has 0 atom stereocenters. The summed E-state index contributed by atoms with van der Waals surface area (Å²) in [7, 11) is 0. The van der Waals surface area contributed by atoms with Crippen LogP contribution < -0.4 is 5.32 Å². The molecule has 0 spiro atoms. The first-order valence-corrected chi connectivity index (χ1v) is 8.36. The maximum Gasteiger partial charge on any atom is 0.321 e. The SMILES string of the molecule is Cc1ccc(C=CC(=O)N2CCN(C(=O)Nc3ccc(F)cc3)CC2)o1. The first-order valence-electron chi connectivity index (χ1n) is 8.36. The molecule has 1 aromatic carbocycles. The second-order valence-electron chi connectivity index (χ2n) is 6.03. The number of nitrogens with zero attached hydrogens (tertiary/aromatic N) is 2. The quantitative estimate of drug-likeness (QED) is 0.859. The lowest BCUT2D eigenvalue weighted by Crippen LogP contribution is -2.51. The summed E-state index contributed by atoms with van der Waals surface area (Å²) in [5.74, 6) is 0.955. The molecule has 7 heteroatoms. The van der Waals surface area contributed by atoms with E-state index in [1.807, 2.05) is 13.0 Å². The monoisotopic (exact) mass is 357 g/mol. The maximum atomic E-state index is 12.9. The Morgan fingerprint density at radius 1 is 1.04 bits per heavy atom. The minimum Gasteiger partial charge on any atom is -0.462 e. The van der Waals surface area contributed by atoms with Crippen molar-refractivity contribution in [3.05, 3.63) is 59.8 Å². The van der Waals surface area contributed by atoms with Gasteiger partial charge in [0.2, 0.25) is 5.91 Å². The molecule has 136 valence electrons. The van der Waals surface area contributed by atoms with E-state index in [0.29, 0.717) is 37.6 Å². The third-order valence-corrected chi connectivity index (χ3v) is 4.13. The Balaban J connectivity index is 1.48. The van der Waals surface area contributed by atoms with Crippen molar-refractivity contribution in [3.8, 4) is 0 Å². The highest BCUT2D eigenvalue weighted by Gasteiger charge is 2.23. The molecular formula is C19H20FN3O3. The maximum absolute atomic E-state index is 12.9. The Morgan fingerprint density at radius 3 is 2.31 bits per heavy atom. The number of nitrogens with one attached hydrogen (secondary N) is 1. The van der Waals surface area contributed by atoms with Gasteiger partial charge in [-0.05, 0) is 49.4 Å². The molecule has 1 N–H and O–H groups in total. The van der Waals surface area contributed by atoms with Crippen molar-refractivity contribution in [1.29, 1.82) is 0 Å². The number of hydrogen-bond acceptors (Lipinski definition) is 3. The van der Waals surface area contributed by atoms with E-state index in [2.05, 4.69) is 5.32 Å². The van der Waals surface area contributed by atoms with E-state index in [0.717, 1.165) is 5.76 Å². The molecule has 2 heterocycles. The topological polar surface area (TPSA) is 65.8 Å². The second-order valence-corrected chi connectivity index (χ2v) is 6.03. The number of piperazine rings is 1. The third-order valence-electron chi connectivity index (χ3n) is 4.13. The molecule has 0 unspecified atom stereocenters. The molecule has 0 saturated carbocycles. The van der Waals surface area contributed by atoms with Crippen LogP contribution in [-0.2, 0) is 4.79 Å². The minimum atomic E-state index is -0.354. The molecule has 3 rings (SSSR count). The van der Waals surface area contributed by atoms with Crippen LogP contribution in [0.15, 0.2) is 46.9 Å². The number of benzene rings is 1. The Hall–Kier alpha value is -3.09. The first kappa shape index (κ1) is 17.7. The zero-order valence-electron chi connectivity index (χ0n) is 14.4. The lowest BCUT2D eigenvalue weighted by atomic mass is 10.3. The summed E-state index contributed by atoms with van der Waals surface area (Å²) in [5, 5.41) is 2.72. The molecule has 0 bridgehead atoms. The summed E-state index contributed by atoms with van der Waals surface area (Å²) in [6, 6.07) is 8.98. The summed E-state index contributed by atoms with van der Waals surface area (Å²) in [5.41, 5.74) is 0.534. The van der Waals surface area contributed by atoms with Gasteiger partial charge in [-0.3, -0.25) is 4.79 Å². The van der Waals surface area contributed by atoms with Crippen molar-refractivity contribution in [1.82, 2.24) is 9.80 Å². The number of aryl methyl sites for hydroxylation is 1. The number of amides is 3. The average molecular weight is 357 g/mol. The molecule has 26 heavy (non-hydrogen) atoms. The van der Waals surface area contributed by atoms with E-state index < -0.39 is 0 Å². The van der Waals surface area contributed by atoms with Crippen molar-refractivity contribution >= 4 is 23.7 Å². The highest BCUT2D eigenvalue weighted by Crippen LogP contribution is 2.12. The smallest absolute Gasteiger partial charge is 0.321 e. The van der Waals surface area contributed by atoms with Gasteiger partial charge in [-0.1, -0.05) is 0 Å². The first-order chi connectivity index (χ1) is 12.5. The largest absolute Gasteiger partial charge is 0.462 e. The van der Waals surface area contributed by atoms with Crippen LogP contribution in [0.4, 0.5) is 14.9 Å². The van der Waals surface area contributed by atoms with Crippen molar-refractivity contribution in [2.45, 2.75) is 6.92 Å². The highest BCUT2D eigenvalue weighted by molar-refractivity contribution is 5.92. The Bertz CT molecular complexity index is 806. The van der Waals surface area contributed by atoms with Gasteiger partial charge in [0.05, 0.1) is 0 Å². The van der Waals surface area contributed by atoms with Crippen LogP contribution in [0.2, 0.25) is 0 Å². The third kappa shape index (κ3) is 4.50. The van der Waals surface area contributed by atoms with E-state index in [1.165, 1.54) is 30.3 Å². The lowest BCUT2D eigenvalue weighted by molar-refractivity contribution is -0.127. The lowest BCUT2D eigenvalue weighted by Gasteiger charge is -2.34. The number of anilines is 1. The fraction of sp³-hybridized carbons (Fsp3) is 0.263. The molecule has 2 aromatic rings. The summed E-state index contributed by atoms with van der Waals surface area (Å²) >= 11 is 0. The van der Waals surface area contributed by atoms with Gasteiger partial charge >= 0.3 is 6.03 Å². The fourth-order valence-corrected chi connectivity index (χ4v) is 2.67. The minimum absolute atomic E-state index is 0.113. The molecule has 0 radical (unpaired) electrons. The molecule has 6 nitrogen and oxygen atoms in total. The van der Waals surface area contributed by atoms with Gasteiger partial charge in [0.1, 0.15) is 17.3 Å². The van der Waals surface area contributed by atoms with Crippen LogP contribution in [-0.4, -0.2) is 47.9 Å². The summed E-state index contributed by atoms with van der Waals surface area (Å²) < 4.78 is 18.3. The number of rotatable bonds is 3. The van der Waals surface area contributed by atoms with E-state index in [-0.39, 0.29) is 17.8 Å². The van der Waals surface area contributed by atoms with Crippen LogP contribution in [0.25, 0.3) is 6.08 Å². The van der Waals surface area contributed by atoms with Gasteiger partial charge in [0.15, 0.2) is 0 Å². The predicted molar refractivity (Wildman–Crippen MR) is 96.1 cm³/mol. The summed E-state index contributed by atoms with van der Waals surface area (Å²) in [4.78, 5) is 27.8. The molecule has 1 aromatic heterocycles. The highest BCUT2D eigenvalue weighted by atomic mass is 19.1. The average Bonchev–Trinajstić information content (AvgIpc) is 3.07. The Morgan fingerprint density at radius 2 is 1.69 bits per heavy atom. The van der Waals surface area contributed by atoms with Crippen LogP contribution in [0.3, 0.4) is 0 Å². The van der Waals surface area contributed by atoms with Gasteiger partial charge in [-0.25, -0.2) is 9.18 Å². The van der Waals surface area contributed by atoms with Crippen molar-refractivity contribution in [3.63, 3.8) is 0 Å². The van der Waals surface area contributed by atoms with Crippen LogP contribution in [0.1, 0.15) is 11.5 Å². The predicted octanol–water partition coefficient (Wildman–Crippen LogP) is 3.12. The molecule has 1 aliphatic heterocycles. The van der Waals surface area contributed by atoms with Crippen LogP contribution in [0.5, 0.6) is 0 Å². The van der Waals surface area contributed by atoms with E-state index in [4.69, 9.17) is 4.42 Å². The molecule has 0 aliphatic carbocycles. The standard InChI is InChI=1S/C19H20FN3O3/c1-14-2-7-17(26-14)8-9-18(24)22-10-12-23(13-11-22)19(25)21-16-5-3-15(20)4-6-16/h2-9H,10-13H2,1H3,(H,21,25). The van der Waals surface area contributed by atoms with Crippen LogP contribution >= 0.6 is 0 Å².